The smallest absolute Gasteiger partial charge is 0.224 e. The molecule has 2 atom stereocenters. The van der Waals surface area contributed by atoms with Crippen molar-refractivity contribution in [2.45, 2.75) is 13.0 Å². The number of carbonyl (C=O) groups excluding carboxylic acids is 2. The van der Waals surface area contributed by atoms with Gasteiger partial charge in [0.2, 0.25) is 11.8 Å². The largest absolute Gasteiger partial charge is 0.493 e. The number of methoxy groups -OCH3 is 2. The van der Waals surface area contributed by atoms with Crippen molar-refractivity contribution in [2.75, 3.05) is 20.8 Å². The van der Waals surface area contributed by atoms with Gasteiger partial charge in [0.1, 0.15) is 0 Å². The van der Waals surface area contributed by atoms with E-state index in [4.69, 9.17) is 9.47 Å². The molecule has 0 aromatic heterocycles. The van der Waals surface area contributed by atoms with Crippen molar-refractivity contribution in [2.24, 2.45) is 11.8 Å². The van der Waals surface area contributed by atoms with Crippen LogP contribution >= 0.6 is 0 Å². The normalized spacial score (nSPS) is 18.7. The summed E-state index contributed by atoms with van der Waals surface area (Å²) in [5.41, 5.74) is 0.907. The van der Waals surface area contributed by atoms with Crippen molar-refractivity contribution in [3.63, 3.8) is 0 Å². The van der Waals surface area contributed by atoms with Gasteiger partial charge in [-0.3, -0.25) is 9.59 Å². The summed E-state index contributed by atoms with van der Waals surface area (Å²) in [7, 11) is 3.14. The number of hydrogen-bond donors (Lipinski definition) is 2. The monoisotopic (exact) mass is 318 g/mol. The lowest BCUT2D eigenvalue weighted by molar-refractivity contribution is -0.127. The minimum absolute atomic E-state index is 0.0869. The van der Waals surface area contributed by atoms with Crippen LogP contribution < -0.4 is 20.1 Å². The van der Waals surface area contributed by atoms with Crippen molar-refractivity contribution < 1.29 is 19.1 Å². The van der Waals surface area contributed by atoms with Gasteiger partial charge < -0.3 is 20.1 Å². The van der Waals surface area contributed by atoms with Crippen LogP contribution in [0.1, 0.15) is 12.0 Å². The van der Waals surface area contributed by atoms with Gasteiger partial charge in [0.15, 0.2) is 11.5 Å². The summed E-state index contributed by atoms with van der Waals surface area (Å²) in [4.78, 5) is 23.8. The number of ether oxygens (including phenoxy) is 2. The minimum atomic E-state index is -0.236. The van der Waals surface area contributed by atoms with Crippen molar-refractivity contribution in [1.29, 1.82) is 0 Å². The fraction of sp³-hybridized carbons (Fsp3) is 0.412. The molecule has 1 saturated carbocycles. The molecule has 1 aliphatic carbocycles. The van der Waals surface area contributed by atoms with Crippen LogP contribution in [0.25, 0.3) is 0 Å². The van der Waals surface area contributed by atoms with Crippen molar-refractivity contribution in [3.8, 4) is 11.5 Å². The van der Waals surface area contributed by atoms with Crippen molar-refractivity contribution in [3.05, 3.63) is 36.4 Å². The van der Waals surface area contributed by atoms with Gasteiger partial charge in [-0.05, 0) is 24.1 Å². The van der Waals surface area contributed by atoms with E-state index in [0.717, 1.165) is 5.56 Å². The number of nitrogens with one attached hydrogen (secondary N) is 2. The molecule has 1 aliphatic rings. The van der Waals surface area contributed by atoms with E-state index in [1.54, 1.807) is 26.4 Å². The van der Waals surface area contributed by atoms with Gasteiger partial charge in [-0.1, -0.05) is 12.1 Å². The Hall–Kier alpha value is -2.50. The van der Waals surface area contributed by atoms with E-state index in [1.807, 2.05) is 12.1 Å². The van der Waals surface area contributed by atoms with E-state index in [2.05, 4.69) is 17.2 Å². The molecule has 2 N–H and O–H groups in total. The summed E-state index contributed by atoms with van der Waals surface area (Å²) in [6.07, 6.45) is 2.22. The van der Waals surface area contributed by atoms with Crippen molar-refractivity contribution in [1.82, 2.24) is 10.6 Å². The van der Waals surface area contributed by atoms with Crippen LogP contribution in [0, 0.1) is 11.8 Å². The Bertz CT molecular complexity index is 600. The van der Waals surface area contributed by atoms with Gasteiger partial charge in [-0.2, -0.15) is 0 Å². The molecule has 1 fully saturated rings. The maximum absolute atomic E-state index is 12.1. The first-order chi connectivity index (χ1) is 11.1. The summed E-state index contributed by atoms with van der Waals surface area (Å²) in [6, 6.07) is 5.48. The Kier molecular flexibility index (Phi) is 5.62. The average Bonchev–Trinajstić information content (AvgIpc) is 3.38. The molecule has 2 rings (SSSR count). The molecule has 6 heteroatoms. The molecule has 2 unspecified atom stereocenters. The quantitative estimate of drug-likeness (QED) is 0.708. The van der Waals surface area contributed by atoms with Gasteiger partial charge in [0.05, 0.1) is 26.1 Å². The van der Waals surface area contributed by atoms with Crippen LogP contribution in [-0.2, 0) is 16.1 Å². The first-order valence-corrected chi connectivity index (χ1v) is 7.48. The summed E-state index contributed by atoms with van der Waals surface area (Å²) >= 11 is 0. The Labute approximate surface area is 135 Å². The van der Waals surface area contributed by atoms with Crippen LogP contribution in [0.15, 0.2) is 30.9 Å². The molecule has 0 spiro atoms. The molecule has 124 valence electrons. The molecule has 1 aromatic rings. The topological polar surface area (TPSA) is 76.7 Å². The fourth-order valence-electron chi connectivity index (χ4n) is 2.39. The van der Waals surface area contributed by atoms with Crippen LogP contribution in [0.2, 0.25) is 0 Å². The minimum Gasteiger partial charge on any atom is -0.493 e. The highest BCUT2D eigenvalue weighted by molar-refractivity contribution is 5.92. The number of benzene rings is 1. The van der Waals surface area contributed by atoms with E-state index in [0.29, 0.717) is 31.0 Å². The van der Waals surface area contributed by atoms with Gasteiger partial charge in [0.25, 0.3) is 0 Å². The highest BCUT2D eigenvalue weighted by Crippen LogP contribution is 2.38. The summed E-state index contributed by atoms with van der Waals surface area (Å²) in [5, 5.41) is 5.57. The lowest BCUT2D eigenvalue weighted by Crippen LogP contribution is -2.30. The SMILES string of the molecule is C=CCNC(=O)C1CC1C(=O)NCc1ccc(OC)c(OC)c1. The maximum atomic E-state index is 12.1. The Morgan fingerprint density at radius 3 is 2.43 bits per heavy atom. The molecule has 0 bridgehead atoms. The Balaban J connectivity index is 1.84. The lowest BCUT2D eigenvalue weighted by Gasteiger charge is -2.10. The highest BCUT2D eigenvalue weighted by Gasteiger charge is 2.47. The van der Waals surface area contributed by atoms with E-state index in [-0.39, 0.29) is 23.7 Å². The van der Waals surface area contributed by atoms with E-state index in [1.165, 1.54) is 0 Å². The molecule has 0 aliphatic heterocycles. The molecule has 6 nitrogen and oxygen atoms in total. The van der Waals surface area contributed by atoms with E-state index < -0.39 is 0 Å². The molecule has 0 radical (unpaired) electrons. The second-order valence-electron chi connectivity index (χ2n) is 5.39. The summed E-state index contributed by atoms with van der Waals surface area (Å²) < 4.78 is 10.4. The first-order valence-electron chi connectivity index (χ1n) is 7.48. The third-order valence-corrected chi connectivity index (χ3v) is 3.80. The Morgan fingerprint density at radius 1 is 1.17 bits per heavy atom. The number of carbonyl (C=O) groups is 2. The van der Waals surface area contributed by atoms with Crippen LogP contribution in [0.5, 0.6) is 11.5 Å². The van der Waals surface area contributed by atoms with Gasteiger partial charge in [-0.15, -0.1) is 6.58 Å². The maximum Gasteiger partial charge on any atom is 0.224 e. The zero-order valence-corrected chi connectivity index (χ0v) is 13.4. The molecule has 1 aromatic carbocycles. The highest BCUT2D eigenvalue weighted by atomic mass is 16.5. The molecule has 0 heterocycles. The number of amides is 2. The standard InChI is InChI=1S/C17H22N2O4/c1-4-7-18-16(20)12-9-13(12)17(21)19-10-11-5-6-14(22-2)15(8-11)23-3/h4-6,8,12-13H,1,7,9-10H2,2-3H3,(H,18,20)(H,19,21). The third kappa shape index (κ3) is 4.25. The van der Waals surface area contributed by atoms with Gasteiger partial charge in [0, 0.05) is 13.1 Å². The molecule has 23 heavy (non-hydrogen) atoms. The third-order valence-electron chi connectivity index (χ3n) is 3.80. The predicted octanol–water partition coefficient (Wildman–Crippen LogP) is 1.26. The van der Waals surface area contributed by atoms with E-state index in [9.17, 15) is 9.59 Å². The molecular weight excluding hydrogens is 296 g/mol. The van der Waals surface area contributed by atoms with Crippen LogP contribution in [0.4, 0.5) is 0 Å². The first kappa shape index (κ1) is 16.9. The molecule has 2 amide bonds. The lowest BCUT2D eigenvalue weighted by atomic mass is 10.2. The molecular formula is C17H22N2O4. The van der Waals surface area contributed by atoms with Gasteiger partial charge >= 0.3 is 0 Å². The second kappa shape index (κ2) is 7.67. The number of rotatable bonds is 8. The summed E-state index contributed by atoms with van der Waals surface area (Å²) in [6.45, 7) is 4.35. The number of hydrogen-bond acceptors (Lipinski definition) is 4. The zero-order chi connectivity index (χ0) is 16.8. The zero-order valence-electron chi connectivity index (χ0n) is 13.4. The van der Waals surface area contributed by atoms with Gasteiger partial charge in [-0.25, -0.2) is 0 Å². The van der Waals surface area contributed by atoms with Crippen molar-refractivity contribution >= 4 is 11.8 Å². The fourth-order valence-corrected chi connectivity index (χ4v) is 2.39. The second-order valence-corrected chi connectivity index (χ2v) is 5.39. The van der Waals surface area contributed by atoms with E-state index >= 15 is 0 Å². The van der Waals surface area contributed by atoms with Crippen LogP contribution in [0.3, 0.4) is 0 Å². The van der Waals surface area contributed by atoms with Crippen LogP contribution in [-0.4, -0.2) is 32.6 Å². The molecule has 0 saturated heterocycles. The summed E-state index contributed by atoms with van der Waals surface area (Å²) in [5.74, 6) is 0.617. The Morgan fingerprint density at radius 2 is 1.83 bits per heavy atom. The average molecular weight is 318 g/mol. The predicted molar refractivity (Wildman–Crippen MR) is 86.2 cm³/mol.